The van der Waals surface area contributed by atoms with E-state index < -0.39 is 12.1 Å². The summed E-state index contributed by atoms with van der Waals surface area (Å²) >= 11 is 0. The lowest BCUT2D eigenvalue weighted by Crippen LogP contribution is -2.51. The number of carbonyl (C=O) groups is 2. The first-order valence-electron chi connectivity index (χ1n) is 7.47. The van der Waals surface area contributed by atoms with E-state index in [0.29, 0.717) is 18.0 Å². The third-order valence-corrected chi connectivity index (χ3v) is 4.44. The summed E-state index contributed by atoms with van der Waals surface area (Å²) in [6.45, 7) is 3.61. The molecule has 2 aliphatic rings. The van der Waals surface area contributed by atoms with Gasteiger partial charge in [-0.2, -0.15) is 0 Å². The van der Waals surface area contributed by atoms with Crippen molar-refractivity contribution in [2.75, 3.05) is 18.0 Å². The number of para-hydroxylation sites is 1. The highest BCUT2D eigenvalue weighted by molar-refractivity contribution is 5.99. The summed E-state index contributed by atoms with van der Waals surface area (Å²) in [6, 6.07) is 6.76. The molecule has 0 saturated carbocycles. The zero-order valence-corrected chi connectivity index (χ0v) is 12.2. The third-order valence-electron chi connectivity index (χ3n) is 4.44. The molecule has 0 aliphatic carbocycles. The molecular weight excluding hydrogens is 268 g/mol. The molecule has 0 aromatic heterocycles. The van der Waals surface area contributed by atoms with Crippen molar-refractivity contribution in [3.63, 3.8) is 0 Å². The molecule has 1 saturated heterocycles. The second-order valence-corrected chi connectivity index (χ2v) is 6.03. The minimum Gasteiger partial charge on any atom is -0.465 e. The van der Waals surface area contributed by atoms with E-state index in [4.69, 9.17) is 0 Å². The van der Waals surface area contributed by atoms with Gasteiger partial charge in [0.1, 0.15) is 6.04 Å². The molecule has 112 valence electrons. The lowest BCUT2D eigenvalue weighted by atomic mass is 9.99. The van der Waals surface area contributed by atoms with Gasteiger partial charge in [-0.1, -0.05) is 25.1 Å². The minimum atomic E-state index is -1.05. The Morgan fingerprint density at radius 3 is 2.76 bits per heavy atom. The van der Waals surface area contributed by atoms with Gasteiger partial charge in [-0.05, 0) is 30.4 Å². The first kappa shape index (κ1) is 13.9. The van der Waals surface area contributed by atoms with E-state index in [2.05, 4.69) is 6.92 Å². The van der Waals surface area contributed by atoms with Crippen LogP contribution in [0.25, 0.3) is 0 Å². The molecular formula is C16H20N2O3. The van der Waals surface area contributed by atoms with Gasteiger partial charge >= 0.3 is 6.09 Å². The number of carbonyl (C=O) groups excluding carboxylic acids is 1. The molecule has 5 heteroatoms. The highest BCUT2D eigenvalue weighted by Gasteiger charge is 2.40. The van der Waals surface area contributed by atoms with Gasteiger partial charge in [0.05, 0.1) is 5.69 Å². The zero-order chi connectivity index (χ0) is 15.0. The predicted molar refractivity (Wildman–Crippen MR) is 79.4 cm³/mol. The Labute approximate surface area is 124 Å². The van der Waals surface area contributed by atoms with E-state index >= 15 is 0 Å². The van der Waals surface area contributed by atoms with Crippen molar-refractivity contribution in [3.05, 3.63) is 29.8 Å². The molecule has 2 atom stereocenters. The summed E-state index contributed by atoms with van der Waals surface area (Å²) in [6.07, 6.45) is 1.56. The number of benzene rings is 1. The van der Waals surface area contributed by atoms with Gasteiger partial charge in [-0.15, -0.1) is 0 Å². The van der Waals surface area contributed by atoms with Gasteiger partial charge in [-0.3, -0.25) is 9.69 Å². The van der Waals surface area contributed by atoms with E-state index in [1.807, 2.05) is 23.1 Å². The number of carboxylic acid groups (broad SMARTS) is 1. The largest absolute Gasteiger partial charge is 0.465 e. The van der Waals surface area contributed by atoms with Gasteiger partial charge in [-0.25, -0.2) is 4.79 Å². The van der Waals surface area contributed by atoms with E-state index in [9.17, 15) is 14.7 Å². The molecule has 0 spiro atoms. The maximum Gasteiger partial charge on any atom is 0.412 e. The van der Waals surface area contributed by atoms with Crippen molar-refractivity contribution in [2.45, 2.75) is 32.2 Å². The summed E-state index contributed by atoms with van der Waals surface area (Å²) in [5, 5.41) is 9.48. The summed E-state index contributed by atoms with van der Waals surface area (Å²) in [5.41, 5.74) is 1.58. The van der Waals surface area contributed by atoms with Gasteiger partial charge < -0.3 is 10.0 Å². The fourth-order valence-corrected chi connectivity index (χ4v) is 3.42. The second-order valence-electron chi connectivity index (χ2n) is 6.03. The molecule has 5 nitrogen and oxygen atoms in total. The molecule has 3 rings (SSSR count). The average Bonchev–Trinajstić information content (AvgIpc) is 2.85. The van der Waals surface area contributed by atoms with Gasteiger partial charge in [0, 0.05) is 19.5 Å². The predicted octanol–water partition coefficient (Wildman–Crippen LogP) is 2.35. The third kappa shape index (κ3) is 2.48. The summed E-state index contributed by atoms with van der Waals surface area (Å²) in [4.78, 5) is 27.4. The number of nitrogens with zero attached hydrogens (tertiary/aromatic N) is 2. The van der Waals surface area contributed by atoms with Crippen molar-refractivity contribution >= 4 is 17.7 Å². The van der Waals surface area contributed by atoms with Crippen molar-refractivity contribution in [1.82, 2.24) is 4.90 Å². The molecule has 0 unspecified atom stereocenters. The van der Waals surface area contributed by atoms with Crippen LogP contribution in [0.2, 0.25) is 0 Å². The number of fused-ring (bicyclic) bond motifs is 1. The van der Waals surface area contributed by atoms with Crippen LogP contribution in [0.1, 0.15) is 25.3 Å². The Bertz CT molecular complexity index is 572. The van der Waals surface area contributed by atoms with Gasteiger partial charge in [0.15, 0.2) is 0 Å². The Balaban J connectivity index is 1.85. The molecule has 1 aromatic carbocycles. The fraction of sp³-hybridized carbons (Fsp3) is 0.500. The number of anilines is 1. The Hall–Kier alpha value is -2.04. The Morgan fingerprint density at radius 2 is 2.05 bits per heavy atom. The van der Waals surface area contributed by atoms with E-state index in [1.165, 1.54) is 4.90 Å². The lowest BCUT2D eigenvalue weighted by Gasteiger charge is -2.34. The SMILES string of the molecule is C[C@@H]1CCCN(C(=O)[C@H]2Cc3ccccc3N2C(=O)O)C1. The number of amides is 2. The molecule has 1 aromatic rings. The molecule has 21 heavy (non-hydrogen) atoms. The van der Waals surface area contributed by atoms with Crippen LogP contribution in [0.15, 0.2) is 24.3 Å². The quantitative estimate of drug-likeness (QED) is 0.863. The van der Waals surface area contributed by atoms with Crippen LogP contribution in [-0.4, -0.2) is 41.1 Å². The highest BCUT2D eigenvalue weighted by atomic mass is 16.4. The molecule has 2 heterocycles. The number of piperidine rings is 1. The number of hydrogen-bond donors (Lipinski definition) is 1. The highest BCUT2D eigenvalue weighted by Crippen LogP contribution is 2.33. The smallest absolute Gasteiger partial charge is 0.412 e. The van der Waals surface area contributed by atoms with Crippen molar-refractivity contribution < 1.29 is 14.7 Å². The monoisotopic (exact) mass is 288 g/mol. The maximum atomic E-state index is 12.8. The zero-order valence-electron chi connectivity index (χ0n) is 12.2. The maximum absolute atomic E-state index is 12.8. The van der Waals surface area contributed by atoms with Crippen LogP contribution >= 0.6 is 0 Å². The molecule has 2 amide bonds. The average molecular weight is 288 g/mol. The van der Waals surface area contributed by atoms with Gasteiger partial charge in [0.25, 0.3) is 0 Å². The molecule has 1 N–H and O–H groups in total. The first-order valence-corrected chi connectivity index (χ1v) is 7.47. The Kier molecular flexibility index (Phi) is 3.57. The van der Waals surface area contributed by atoms with Crippen LogP contribution in [0.3, 0.4) is 0 Å². The van der Waals surface area contributed by atoms with Crippen molar-refractivity contribution in [2.24, 2.45) is 5.92 Å². The van der Waals surface area contributed by atoms with Crippen LogP contribution in [0.4, 0.5) is 10.5 Å². The summed E-state index contributed by atoms with van der Waals surface area (Å²) < 4.78 is 0. The van der Waals surface area contributed by atoms with Crippen LogP contribution in [0, 0.1) is 5.92 Å². The van der Waals surface area contributed by atoms with Crippen molar-refractivity contribution in [1.29, 1.82) is 0 Å². The van der Waals surface area contributed by atoms with E-state index in [0.717, 1.165) is 31.5 Å². The standard InChI is InChI=1S/C16H20N2O3/c1-11-5-4-8-17(10-11)15(19)14-9-12-6-2-3-7-13(12)18(14)16(20)21/h2-3,6-7,11,14H,4-5,8-10H2,1H3,(H,20,21)/t11-,14-/m1/s1. The minimum absolute atomic E-state index is 0.0554. The molecule has 0 bridgehead atoms. The lowest BCUT2D eigenvalue weighted by molar-refractivity contribution is -0.134. The number of hydrogen-bond acceptors (Lipinski definition) is 2. The van der Waals surface area contributed by atoms with Crippen LogP contribution in [-0.2, 0) is 11.2 Å². The number of rotatable bonds is 1. The molecule has 2 aliphatic heterocycles. The molecule has 1 fully saturated rings. The van der Waals surface area contributed by atoms with Crippen LogP contribution in [0.5, 0.6) is 0 Å². The summed E-state index contributed by atoms with van der Waals surface area (Å²) in [5.74, 6) is 0.435. The first-order chi connectivity index (χ1) is 10.1. The van der Waals surface area contributed by atoms with Crippen molar-refractivity contribution in [3.8, 4) is 0 Å². The molecule has 0 radical (unpaired) electrons. The fourth-order valence-electron chi connectivity index (χ4n) is 3.42. The summed E-state index contributed by atoms with van der Waals surface area (Å²) in [7, 11) is 0. The van der Waals surface area contributed by atoms with E-state index in [1.54, 1.807) is 6.07 Å². The normalized spacial score (nSPS) is 24.8. The van der Waals surface area contributed by atoms with Gasteiger partial charge in [0.2, 0.25) is 5.91 Å². The second kappa shape index (κ2) is 5.39. The topological polar surface area (TPSA) is 60.9 Å². The number of likely N-dealkylation sites (tertiary alicyclic amines) is 1. The van der Waals surface area contributed by atoms with E-state index in [-0.39, 0.29) is 5.91 Å². The Morgan fingerprint density at radius 1 is 1.29 bits per heavy atom. The van der Waals surface area contributed by atoms with Crippen LogP contribution < -0.4 is 4.90 Å².